The van der Waals surface area contributed by atoms with Crippen LogP contribution >= 0.6 is 0 Å². The Morgan fingerprint density at radius 2 is 1.65 bits per heavy atom. The highest BCUT2D eigenvalue weighted by molar-refractivity contribution is 5.69. The van der Waals surface area contributed by atoms with E-state index in [-0.39, 0.29) is 5.82 Å². The lowest BCUT2D eigenvalue weighted by molar-refractivity contribution is 0.504. The monoisotopic (exact) mass is 302 g/mol. The Kier molecular flexibility index (Phi) is 3.28. The quantitative estimate of drug-likeness (QED) is 0.637. The summed E-state index contributed by atoms with van der Waals surface area (Å²) < 4.78 is 13.8. The van der Waals surface area contributed by atoms with Crippen LogP contribution in [0.25, 0.3) is 0 Å². The molecule has 2 nitrogen and oxygen atoms in total. The van der Waals surface area contributed by atoms with Crippen molar-refractivity contribution in [2.45, 2.75) is 6.54 Å². The minimum atomic E-state index is -0.215. The third kappa shape index (κ3) is 2.35. The minimum absolute atomic E-state index is 0.215. The molecular weight excluding hydrogens is 287 g/mol. The number of benzene rings is 2. The fraction of sp³-hybridized carbons (Fsp3) is 0.0500. The molecule has 0 spiro atoms. The Hall–Kier alpha value is -2.78. The van der Waals surface area contributed by atoms with E-state index in [2.05, 4.69) is 29.4 Å². The second-order valence-electron chi connectivity index (χ2n) is 5.65. The summed E-state index contributed by atoms with van der Waals surface area (Å²) in [6, 6.07) is 19.0. The zero-order valence-corrected chi connectivity index (χ0v) is 12.5. The third-order valence-electron chi connectivity index (χ3n) is 4.24. The Labute approximate surface area is 134 Å². The van der Waals surface area contributed by atoms with E-state index in [1.165, 1.54) is 17.8 Å². The number of aromatic nitrogens is 1. The summed E-state index contributed by atoms with van der Waals surface area (Å²) in [5.41, 5.74) is 4.44. The summed E-state index contributed by atoms with van der Waals surface area (Å²) in [6.45, 7) is 0.703. The summed E-state index contributed by atoms with van der Waals surface area (Å²) in [5.74, 6) is -0.215. The molecule has 0 saturated carbocycles. The van der Waals surface area contributed by atoms with Crippen molar-refractivity contribution in [3.8, 4) is 0 Å². The molecule has 1 aliphatic rings. The molecule has 4 rings (SSSR count). The molecule has 2 heterocycles. The van der Waals surface area contributed by atoms with Gasteiger partial charge in [-0.05, 0) is 18.2 Å². The van der Waals surface area contributed by atoms with E-state index in [1.807, 2.05) is 36.4 Å². The number of hydrogen-bond donors (Lipinski definition) is 0. The van der Waals surface area contributed by atoms with E-state index < -0.39 is 0 Å². The number of nitrogens with zero attached hydrogens (tertiary/aromatic N) is 2. The fourth-order valence-corrected chi connectivity index (χ4v) is 3.12. The summed E-state index contributed by atoms with van der Waals surface area (Å²) in [5, 5.41) is 0. The van der Waals surface area contributed by atoms with E-state index in [0.717, 1.165) is 16.8 Å². The van der Waals surface area contributed by atoms with Crippen LogP contribution in [-0.4, -0.2) is 4.98 Å². The normalized spacial score (nSPS) is 18.8. The molecule has 0 aliphatic carbocycles. The van der Waals surface area contributed by atoms with Crippen LogP contribution in [0.5, 0.6) is 0 Å². The van der Waals surface area contributed by atoms with Crippen LogP contribution in [0.15, 0.2) is 79.3 Å². The van der Waals surface area contributed by atoms with Gasteiger partial charge in [-0.2, -0.15) is 0 Å². The fourth-order valence-electron chi connectivity index (χ4n) is 3.12. The van der Waals surface area contributed by atoms with Gasteiger partial charge < -0.3 is 0 Å². The van der Waals surface area contributed by atoms with Crippen molar-refractivity contribution in [2.75, 3.05) is 0 Å². The second-order valence-corrected chi connectivity index (χ2v) is 5.65. The van der Waals surface area contributed by atoms with E-state index >= 15 is 0 Å². The maximum Gasteiger partial charge on any atom is 0.150 e. The first kappa shape index (κ1) is 13.9. The zero-order valence-electron chi connectivity index (χ0n) is 12.5. The average Bonchev–Trinajstić information content (AvgIpc) is 2.98. The molecule has 0 saturated heterocycles. The summed E-state index contributed by atoms with van der Waals surface area (Å²) in [7, 11) is 0. The molecule has 1 aliphatic heterocycles. The number of para-hydroxylation sites is 1. The van der Waals surface area contributed by atoms with Crippen LogP contribution in [0.4, 0.5) is 15.8 Å². The van der Waals surface area contributed by atoms with Crippen molar-refractivity contribution in [3.63, 3.8) is 0 Å². The number of quaternary nitrogens is 1. The molecule has 2 aromatic carbocycles. The van der Waals surface area contributed by atoms with E-state index in [0.29, 0.717) is 11.0 Å². The maximum absolute atomic E-state index is 13.2. The molecule has 1 aromatic heterocycles. The zero-order chi connectivity index (χ0) is 15.7. The van der Waals surface area contributed by atoms with Crippen LogP contribution in [0.2, 0.25) is 0 Å². The maximum atomic E-state index is 13.2. The largest absolute Gasteiger partial charge is 0.264 e. The van der Waals surface area contributed by atoms with Gasteiger partial charge in [0.1, 0.15) is 24.2 Å². The molecule has 0 amide bonds. The third-order valence-corrected chi connectivity index (χ3v) is 4.24. The van der Waals surface area contributed by atoms with Gasteiger partial charge in [0.15, 0.2) is 5.69 Å². The van der Waals surface area contributed by atoms with Crippen molar-refractivity contribution < 1.29 is 4.39 Å². The summed E-state index contributed by atoms with van der Waals surface area (Å²) in [4.78, 5) is 4.13. The minimum Gasteiger partial charge on any atom is -0.264 e. The molecule has 111 valence electrons. The number of fused-ring (bicyclic) bond motifs is 1. The Balaban J connectivity index is 1.86. The first-order valence-corrected chi connectivity index (χ1v) is 7.51. The van der Waals surface area contributed by atoms with Crippen molar-refractivity contribution in [1.29, 1.82) is 0 Å². The smallest absolute Gasteiger partial charge is 0.150 e. The van der Waals surface area contributed by atoms with Crippen LogP contribution in [0, 0.1) is 11.9 Å². The molecule has 1 unspecified atom stereocenters. The highest BCUT2D eigenvalue weighted by Crippen LogP contribution is 2.43. The SMILES string of the molecule is Fc1ccc(C[N+]2(c3ccncc3)C=[C]c3ccccc32)cc1. The van der Waals surface area contributed by atoms with Crippen LogP contribution < -0.4 is 4.48 Å². The molecule has 0 bridgehead atoms. The number of halogens is 1. The highest BCUT2D eigenvalue weighted by Gasteiger charge is 2.37. The molecule has 1 radical (unpaired) electrons. The average molecular weight is 302 g/mol. The Bertz CT molecular complexity index is 856. The Morgan fingerprint density at radius 1 is 0.913 bits per heavy atom. The predicted molar refractivity (Wildman–Crippen MR) is 89.2 cm³/mol. The van der Waals surface area contributed by atoms with Crippen LogP contribution in [0.3, 0.4) is 0 Å². The van der Waals surface area contributed by atoms with Crippen LogP contribution in [-0.2, 0) is 6.54 Å². The summed E-state index contributed by atoms with van der Waals surface area (Å²) >= 11 is 0. The van der Waals surface area contributed by atoms with Gasteiger partial charge in [0, 0.05) is 41.7 Å². The molecule has 0 N–H and O–H groups in total. The van der Waals surface area contributed by atoms with Gasteiger partial charge in [-0.1, -0.05) is 24.3 Å². The molecular formula is C20H15FN2+. The van der Waals surface area contributed by atoms with Gasteiger partial charge in [0.05, 0.1) is 6.08 Å². The lowest BCUT2D eigenvalue weighted by atomic mass is 10.1. The molecule has 0 fully saturated rings. The lowest BCUT2D eigenvalue weighted by Crippen LogP contribution is -2.36. The number of pyridine rings is 1. The van der Waals surface area contributed by atoms with E-state index in [1.54, 1.807) is 12.4 Å². The second kappa shape index (κ2) is 5.45. The molecule has 3 aromatic rings. The molecule has 1 atom stereocenters. The molecule has 3 heteroatoms. The van der Waals surface area contributed by atoms with Gasteiger partial charge >= 0.3 is 0 Å². The topological polar surface area (TPSA) is 12.9 Å². The number of rotatable bonds is 3. The van der Waals surface area contributed by atoms with Crippen molar-refractivity contribution >= 4 is 11.4 Å². The van der Waals surface area contributed by atoms with Crippen molar-refractivity contribution in [3.05, 3.63) is 102 Å². The first-order chi connectivity index (χ1) is 11.3. The lowest BCUT2D eigenvalue weighted by Gasteiger charge is -2.32. The summed E-state index contributed by atoms with van der Waals surface area (Å²) in [6.07, 6.45) is 9.05. The van der Waals surface area contributed by atoms with Gasteiger partial charge in [0.2, 0.25) is 0 Å². The van der Waals surface area contributed by atoms with Gasteiger partial charge in [-0.25, -0.2) is 8.87 Å². The van der Waals surface area contributed by atoms with Crippen molar-refractivity contribution in [2.24, 2.45) is 0 Å². The van der Waals surface area contributed by atoms with Gasteiger partial charge in [0.25, 0.3) is 0 Å². The van der Waals surface area contributed by atoms with Crippen molar-refractivity contribution in [1.82, 2.24) is 9.47 Å². The predicted octanol–water partition coefficient (Wildman–Crippen LogP) is 4.74. The molecule has 23 heavy (non-hydrogen) atoms. The first-order valence-electron chi connectivity index (χ1n) is 7.51. The van der Waals surface area contributed by atoms with Gasteiger partial charge in [-0.3, -0.25) is 4.98 Å². The van der Waals surface area contributed by atoms with E-state index in [4.69, 9.17) is 0 Å². The van der Waals surface area contributed by atoms with Gasteiger partial charge in [-0.15, -0.1) is 0 Å². The van der Waals surface area contributed by atoms with E-state index in [9.17, 15) is 4.39 Å². The standard InChI is InChI=1S/C20H15FN2/c21-18-7-5-16(6-8-18)15-23(19-9-12-22-13-10-19)14-11-17-3-1-2-4-20(17)23/h1-10,12-14H,15H2/q+1. The van der Waals surface area contributed by atoms with Crippen LogP contribution in [0.1, 0.15) is 11.1 Å². The highest BCUT2D eigenvalue weighted by atomic mass is 19.1. The Morgan fingerprint density at radius 3 is 2.43 bits per heavy atom. The number of hydrogen-bond acceptors (Lipinski definition) is 1.